The average molecular weight is 360 g/mol. The molecule has 136 valence electrons. The second-order valence-electron chi connectivity index (χ2n) is 7.85. The molecule has 4 rings (SSSR count). The van der Waals surface area contributed by atoms with Crippen molar-refractivity contribution in [1.29, 1.82) is 0 Å². The van der Waals surface area contributed by atoms with E-state index in [0.29, 0.717) is 12.0 Å². The number of ether oxygens (including phenoxy) is 1. The number of likely N-dealkylation sites (N-methyl/N-ethyl adjacent to an activating group) is 1. The summed E-state index contributed by atoms with van der Waals surface area (Å²) in [7, 11) is 4.00. The summed E-state index contributed by atoms with van der Waals surface area (Å²) >= 11 is 1.85. The molecule has 1 N–H and O–H groups in total. The van der Waals surface area contributed by atoms with Gasteiger partial charge in [-0.05, 0) is 63.0 Å². The molecule has 2 aliphatic heterocycles. The fourth-order valence-corrected chi connectivity index (χ4v) is 5.35. The summed E-state index contributed by atoms with van der Waals surface area (Å²) in [5.41, 5.74) is 2.55. The Morgan fingerprint density at radius 2 is 2.16 bits per heavy atom. The molecule has 0 amide bonds. The molecule has 4 nitrogen and oxygen atoms in total. The smallest absolute Gasteiger partial charge is 0.0996 e. The van der Waals surface area contributed by atoms with Gasteiger partial charge in [0.25, 0.3) is 0 Å². The number of nitrogens with zero attached hydrogens (tertiary/aromatic N) is 2. The monoisotopic (exact) mass is 359 g/mol. The zero-order valence-corrected chi connectivity index (χ0v) is 16.3. The quantitative estimate of drug-likeness (QED) is 0.905. The molecule has 1 aromatic carbocycles. The lowest BCUT2D eigenvalue weighted by Gasteiger charge is -2.34. The first kappa shape index (κ1) is 17.4. The number of likely N-dealkylation sites (tertiary alicyclic amines) is 1. The SMILES string of the molecule is CO[C@@H]1CN(C)CC[C@H]1c1nc2cc([C@H]3CC[C@H](C)CN3)ccc2s1. The topological polar surface area (TPSA) is 37.4 Å². The molecule has 3 heterocycles. The summed E-state index contributed by atoms with van der Waals surface area (Å²) in [6.07, 6.45) is 3.91. The van der Waals surface area contributed by atoms with Crippen LogP contribution in [0.3, 0.4) is 0 Å². The molecule has 2 saturated heterocycles. The van der Waals surface area contributed by atoms with Gasteiger partial charge in [0.15, 0.2) is 0 Å². The van der Waals surface area contributed by atoms with Crippen molar-refractivity contribution >= 4 is 21.6 Å². The maximum absolute atomic E-state index is 5.77. The van der Waals surface area contributed by atoms with Crippen LogP contribution in [0.2, 0.25) is 0 Å². The Hall–Kier alpha value is -1.01. The highest BCUT2D eigenvalue weighted by Crippen LogP contribution is 2.36. The maximum Gasteiger partial charge on any atom is 0.0996 e. The third-order valence-electron chi connectivity index (χ3n) is 5.87. The third kappa shape index (κ3) is 3.61. The minimum atomic E-state index is 0.250. The van der Waals surface area contributed by atoms with Gasteiger partial charge in [0.1, 0.15) is 0 Å². The number of hydrogen-bond donors (Lipinski definition) is 1. The first-order valence-electron chi connectivity index (χ1n) is 9.49. The van der Waals surface area contributed by atoms with E-state index in [-0.39, 0.29) is 6.10 Å². The molecule has 2 aromatic rings. The van der Waals surface area contributed by atoms with Gasteiger partial charge >= 0.3 is 0 Å². The number of nitrogens with one attached hydrogen (secondary N) is 1. The fourth-order valence-electron chi connectivity index (χ4n) is 4.21. The van der Waals surface area contributed by atoms with E-state index >= 15 is 0 Å². The minimum absolute atomic E-state index is 0.250. The fraction of sp³-hybridized carbons (Fsp3) is 0.650. The van der Waals surface area contributed by atoms with Gasteiger partial charge < -0.3 is 15.0 Å². The average Bonchev–Trinajstić information content (AvgIpc) is 3.05. The van der Waals surface area contributed by atoms with E-state index in [2.05, 4.69) is 42.4 Å². The first-order valence-corrected chi connectivity index (χ1v) is 10.3. The number of aromatic nitrogens is 1. The normalized spacial score (nSPS) is 31.5. The summed E-state index contributed by atoms with van der Waals surface area (Å²) in [5, 5.41) is 4.94. The van der Waals surface area contributed by atoms with E-state index in [1.54, 1.807) is 0 Å². The lowest BCUT2D eigenvalue weighted by molar-refractivity contribution is 0.0233. The second-order valence-corrected chi connectivity index (χ2v) is 8.92. The van der Waals surface area contributed by atoms with E-state index in [4.69, 9.17) is 9.72 Å². The third-order valence-corrected chi connectivity index (χ3v) is 7.04. The van der Waals surface area contributed by atoms with Gasteiger partial charge in [-0.1, -0.05) is 13.0 Å². The number of methoxy groups -OCH3 is 1. The Morgan fingerprint density at radius 3 is 2.92 bits per heavy atom. The molecule has 2 aliphatic rings. The molecule has 2 fully saturated rings. The predicted molar refractivity (Wildman–Crippen MR) is 104 cm³/mol. The van der Waals surface area contributed by atoms with Crippen molar-refractivity contribution in [2.75, 3.05) is 33.8 Å². The first-order chi connectivity index (χ1) is 12.1. The van der Waals surface area contributed by atoms with E-state index in [9.17, 15) is 0 Å². The number of rotatable bonds is 3. The molecule has 0 spiro atoms. The lowest BCUT2D eigenvalue weighted by atomic mass is 9.92. The van der Waals surface area contributed by atoms with Gasteiger partial charge in [-0.15, -0.1) is 11.3 Å². The van der Waals surface area contributed by atoms with Crippen molar-refractivity contribution in [1.82, 2.24) is 15.2 Å². The molecule has 0 radical (unpaired) electrons. The van der Waals surface area contributed by atoms with Crippen LogP contribution in [0.4, 0.5) is 0 Å². The van der Waals surface area contributed by atoms with E-state index in [1.807, 2.05) is 18.4 Å². The van der Waals surface area contributed by atoms with E-state index in [0.717, 1.165) is 37.5 Å². The van der Waals surface area contributed by atoms with Crippen LogP contribution >= 0.6 is 11.3 Å². The Balaban J connectivity index is 1.58. The largest absolute Gasteiger partial charge is 0.379 e. The van der Waals surface area contributed by atoms with Crippen molar-refractivity contribution in [2.45, 2.75) is 44.2 Å². The number of thiazole rings is 1. The summed E-state index contributed by atoms with van der Waals surface area (Å²) in [6.45, 7) is 5.56. The van der Waals surface area contributed by atoms with Crippen molar-refractivity contribution in [3.05, 3.63) is 28.8 Å². The highest BCUT2D eigenvalue weighted by atomic mass is 32.1. The Labute approximate surface area is 154 Å². The van der Waals surface area contributed by atoms with Crippen molar-refractivity contribution in [3.63, 3.8) is 0 Å². The maximum atomic E-state index is 5.77. The standard InChI is InChI=1S/C20H29N3OS/c1-13-4-6-16(21-11-13)14-5-7-19-17(10-14)22-20(25-19)15-8-9-23(2)12-18(15)24-3/h5,7,10,13,15-16,18,21H,4,6,8-9,11-12H2,1-3H3/t13-,15+,16+,18+/m0/s1. The summed E-state index contributed by atoms with van der Waals surface area (Å²) in [6, 6.07) is 7.35. The van der Waals surface area contributed by atoms with Crippen LogP contribution in [-0.2, 0) is 4.74 Å². The number of benzene rings is 1. The number of fused-ring (bicyclic) bond motifs is 1. The lowest BCUT2D eigenvalue weighted by Crippen LogP contribution is -2.41. The molecule has 0 saturated carbocycles. The van der Waals surface area contributed by atoms with Crippen LogP contribution in [0.5, 0.6) is 0 Å². The van der Waals surface area contributed by atoms with E-state index in [1.165, 1.54) is 28.1 Å². The molecule has 5 heteroatoms. The van der Waals surface area contributed by atoms with E-state index < -0.39 is 0 Å². The van der Waals surface area contributed by atoms with Crippen molar-refractivity contribution in [2.24, 2.45) is 5.92 Å². The predicted octanol–water partition coefficient (Wildman–Crippen LogP) is 3.79. The summed E-state index contributed by atoms with van der Waals surface area (Å²) < 4.78 is 7.07. The van der Waals surface area contributed by atoms with Crippen LogP contribution in [0.15, 0.2) is 18.2 Å². The molecule has 25 heavy (non-hydrogen) atoms. The van der Waals surface area contributed by atoms with Crippen LogP contribution in [-0.4, -0.2) is 49.8 Å². The van der Waals surface area contributed by atoms with Crippen LogP contribution in [0, 0.1) is 5.92 Å². The van der Waals surface area contributed by atoms with Gasteiger partial charge in [-0.3, -0.25) is 0 Å². The Bertz CT molecular complexity index is 723. The Kier molecular flexibility index (Phi) is 5.09. The van der Waals surface area contributed by atoms with Crippen LogP contribution in [0.25, 0.3) is 10.2 Å². The van der Waals surface area contributed by atoms with Gasteiger partial charge in [0, 0.05) is 25.6 Å². The zero-order chi connectivity index (χ0) is 17.4. The molecule has 0 unspecified atom stereocenters. The van der Waals surface area contributed by atoms with Crippen molar-refractivity contribution < 1.29 is 4.74 Å². The van der Waals surface area contributed by atoms with Crippen molar-refractivity contribution in [3.8, 4) is 0 Å². The highest BCUT2D eigenvalue weighted by molar-refractivity contribution is 7.18. The molecule has 4 atom stereocenters. The van der Waals surface area contributed by atoms with Crippen LogP contribution in [0.1, 0.15) is 48.7 Å². The molecule has 0 aliphatic carbocycles. The molecule has 1 aromatic heterocycles. The molecular formula is C20H29N3OS. The van der Waals surface area contributed by atoms with Gasteiger partial charge in [0.05, 0.1) is 21.3 Å². The summed E-state index contributed by atoms with van der Waals surface area (Å²) in [5.74, 6) is 1.22. The minimum Gasteiger partial charge on any atom is -0.379 e. The zero-order valence-electron chi connectivity index (χ0n) is 15.5. The van der Waals surface area contributed by atoms with Crippen LogP contribution < -0.4 is 5.32 Å². The molecular weight excluding hydrogens is 330 g/mol. The van der Waals surface area contributed by atoms with Gasteiger partial charge in [-0.25, -0.2) is 4.98 Å². The highest BCUT2D eigenvalue weighted by Gasteiger charge is 2.31. The number of hydrogen-bond acceptors (Lipinski definition) is 5. The second kappa shape index (κ2) is 7.31. The van der Waals surface area contributed by atoms with Gasteiger partial charge in [-0.2, -0.15) is 0 Å². The molecule has 0 bridgehead atoms. The summed E-state index contributed by atoms with van der Waals surface area (Å²) in [4.78, 5) is 7.38. The Morgan fingerprint density at radius 1 is 1.28 bits per heavy atom. The van der Waals surface area contributed by atoms with Gasteiger partial charge in [0.2, 0.25) is 0 Å². The number of piperidine rings is 2.